The van der Waals surface area contributed by atoms with Crippen LogP contribution >= 0.6 is 0 Å². The Balaban J connectivity index is 2.06. The number of anilines is 1. The van der Waals surface area contributed by atoms with Gasteiger partial charge in [-0.15, -0.1) is 0 Å². The Bertz CT molecular complexity index is 534. The Hall–Kier alpha value is -1.99. The van der Waals surface area contributed by atoms with Crippen molar-refractivity contribution in [3.8, 4) is 0 Å². The molecule has 7 heteroatoms. The Labute approximate surface area is 110 Å². The molecule has 1 heterocycles. The smallest absolute Gasteiger partial charge is 0.422 e. The summed E-state index contributed by atoms with van der Waals surface area (Å²) in [5, 5.41) is 20.9. The molecule has 0 bridgehead atoms. The molecule has 0 amide bonds. The molecule has 0 aliphatic heterocycles. The Morgan fingerprint density at radius 1 is 1.16 bits per heavy atom. The molecule has 0 unspecified atom stereocenters. The third kappa shape index (κ3) is 3.49. The Kier molecular flexibility index (Phi) is 4.08. The highest BCUT2D eigenvalue weighted by Crippen LogP contribution is 2.17. The summed E-state index contributed by atoms with van der Waals surface area (Å²) in [5.41, 5.74) is 0.995. The van der Waals surface area contributed by atoms with Crippen molar-refractivity contribution in [2.75, 3.05) is 5.32 Å². The second kappa shape index (κ2) is 5.77. The van der Waals surface area contributed by atoms with Gasteiger partial charge in [-0.2, -0.15) is 0 Å². The zero-order valence-electron chi connectivity index (χ0n) is 10.3. The highest BCUT2D eigenvalue weighted by molar-refractivity contribution is 6.57. The van der Waals surface area contributed by atoms with E-state index in [2.05, 4.69) is 15.3 Å². The van der Waals surface area contributed by atoms with Gasteiger partial charge in [-0.3, -0.25) is 4.98 Å². The number of benzene rings is 1. The van der Waals surface area contributed by atoms with Crippen LogP contribution in [0.1, 0.15) is 18.5 Å². The van der Waals surface area contributed by atoms with Crippen molar-refractivity contribution in [1.82, 2.24) is 9.97 Å². The first-order valence-electron chi connectivity index (χ1n) is 5.76. The summed E-state index contributed by atoms with van der Waals surface area (Å²) in [6, 6.07) is 6.09. The van der Waals surface area contributed by atoms with Crippen LogP contribution in [0.15, 0.2) is 36.7 Å². The lowest BCUT2D eigenvalue weighted by Crippen LogP contribution is -2.33. The van der Waals surface area contributed by atoms with Crippen LogP contribution in [-0.2, 0) is 0 Å². The summed E-state index contributed by atoms with van der Waals surface area (Å²) in [6.07, 6.45) is 2.69. The van der Waals surface area contributed by atoms with Gasteiger partial charge in [0.05, 0.1) is 11.8 Å². The van der Waals surface area contributed by atoms with Gasteiger partial charge in [-0.25, -0.2) is 9.37 Å². The fourth-order valence-electron chi connectivity index (χ4n) is 1.60. The molecule has 0 fully saturated rings. The molecule has 1 aromatic heterocycles. The molecule has 0 aliphatic carbocycles. The Morgan fingerprint density at radius 3 is 2.37 bits per heavy atom. The van der Waals surface area contributed by atoms with Crippen molar-refractivity contribution in [3.63, 3.8) is 0 Å². The topological polar surface area (TPSA) is 78.3 Å². The molecule has 0 radical (unpaired) electrons. The van der Waals surface area contributed by atoms with E-state index in [9.17, 15) is 4.39 Å². The first-order valence-corrected chi connectivity index (χ1v) is 5.76. The fraction of sp³-hybridized carbons (Fsp3) is 0.167. The number of hydrogen-bond acceptors (Lipinski definition) is 5. The molecule has 0 saturated heterocycles. The van der Waals surface area contributed by atoms with Crippen molar-refractivity contribution in [3.05, 3.63) is 48.0 Å². The standard InChI is InChI=1S/C12H13BFN3O2/c1-8(9-2-4-10(14)5-3-9)17-12-7-15-11(6-16-12)13(18)19/h2-8,18-19H,1H3,(H,16,17)/t8-/m1/s1. The fourth-order valence-corrected chi connectivity index (χ4v) is 1.60. The molecule has 5 nitrogen and oxygen atoms in total. The van der Waals surface area contributed by atoms with E-state index in [1.54, 1.807) is 12.1 Å². The van der Waals surface area contributed by atoms with Crippen molar-refractivity contribution in [2.24, 2.45) is 0 Å². The normalized spacial score (nSPS) is 12.0. The Morgan fingerprint density at radius 2 is 1.84 bits per heavy atom. The highest BCUT2D eigenvalue weighted by Gasteiger charge is 2.13. The second-order valence-electron chi connectivity index (χ2n) is 4.12. The molecule has 19 heavy (non-hydrogen) atoms. The first kappa shape index (κ1) is 13.4. The maximum atomic E-state index is 12.8. The number of nitrogens with zero attached hydrogens (tertiary/aromatic N) is 2. The minimum Gasteiger partial charge on any atom is -0.422 e. The van der Waals surface area contributed by atoms with Crippen molar-refractivity contribution in [1.29, 1.82) is 0 Å². The largest absolute Gasteiger partial charge is 0.509 e. The van der Waals surface area contributed by atoms with Crippen molar-refractivity contribution in [2.45, 2.75) is 13.0 Å². The van der Waals surface area contributed by atoms with Crippen molar-refractivity contribution >= 4 is 18.5 Å². The van der Waals surface area contributed by atoms with E-state index < -0.39 is 7.12 Å². The molecular formula is C12H13BFN3O2. The SMILES string of the molecule is C[C@@H](Nc1cnc(B(O)O)cn1)c1ccc(F)cc1. The summed E-state index contributed by atoms with van der Waals surface area (Å²) in [6.45, 7) is 1.91. The number of hydrogen-bond donors (Lipinski definition) is 3. The third-order valence-electron chi connectivity index (χ3n) is 2.67. The molecule has 1 atom stereocenters. The van der Waals surface area contributed by atoms with Crippen LogP contribution in [0.25, 0.3) is 0 Å². The van der Waals surface area contributed by atoms with Gasteiger partial charge in [0.2, 0.25) is 0 Å². The predicted molar refractivity (Wildman–Crippen MR) is 70.3 cm³/mol. The zero-order valence-corrected chi connectivity index (χ0v) is 10.3. The number of rotatable bonds is 4. The van der Waals surface area contributed by atoms with Crippen molar-refractivity contribution < 1.29 is 14.4 Å². The number of nitrogens with one attached hydrogen (secondary N) is 1. The summed E-state index contributed by atoms with van der Waals surface area (Å²) in [5.74, 6) is 0.221. The van der Waals surface area contributed by atoms with E-state index in [0.717, 1.165) is 5.56 Å². The predicted octanol–water partition coefficient (Wildman–Crippen LogP) is 0.469. The van der Waals surface area contributed by atoms with Gasteiger partial charge in [-0.1, -0.05) is 12.1 Å². The highest BCUT2D eigenvalue weighted by atomic mass is 19.1. The molecule has 0 aliphatic rings. The molecular weight excluding hydrogens is 248 g/mol. The molecule has 0 saturated carbocycles. The molecule has 1 aromatic carbocycles. The van der Waals surface area contributed by atoms with E-state index in [4.69, 9.17) is 10.0 Å². The van der Waals surface area contributed by atoms with Gasteiger partial charge in [0, 0.05) is 12.2 Å². The van der Waals surface area contributed by atoms with Crippen LogP contribution in [0.2, 0.25) is 0 Å². The van der Waals surface area contributed by atoms with Crippen LogP contribution < -0.4 is 10.9 Å². The monoisotopic (exact) mass is 261 g/mol. The van der Waals surface area contributed by atoms with E-state index in [1.165, 1.54) is 24.5 Å². The molecule has 2 rings (SSSR count). The van der Waals surface area contributed by atoms with Gasteiger partial charge in [-0.05, 0) is 24.6 Å². The minimum absolute atomic E-state index is 0.0696. The summed E-state index contributed by atoms with van der Waals surface area (Å²) >= 11 is 0. The average Bonchev–Trinajstić information content (AvgIpc) is 2.40. The van der Waals surface area contributed by atoms with Gasteiger partial charge in [0.25, 0.3) is 0 Å². The van der Waals surface area contributed by atoms with E-state index in [-0.39, 0.29) is 17.5 Å². The van der Waals surface area contributed by atoms with Crippen LogP contribution in [0.4, 0.5) is 10.2 Å². The minimum atomic E-state index is -1.63. The quantitative estimate of drug-likeness (QED) is 0.697. The number of halogens is 1. The van der Waals surface area contributed by atoms with Crippen LogP contribution in [0.3, 0.4) is 0 Å². The van der Waals surface area contributed by atoms with E-state index in [1.807, 2.05) is 6.92 Å². The van der Waals surface area contributed by atoms with Crippen LogP contribution in [0.5, 0.6) is 0 Å². The maximum Gasteiger partial charge on any atom is 0.509 e. The number of aromatic nitrogens is 2. The van der Waals surface area contributed by atoms with Gasteiger partial charge in [0.1, 0.15) is 11.6 Å². The summed E-state index contributed by atoms with van der Waals surface area (Å²) in [4.78, 5) is 7.87. The van der Waals surface area contributed by atoms with Crippen LogP contribution in [-0.4, -0.2) is 27.1 Å². The van der Waals surface area contributed by atoms with Gasteiger partial charge < -0.3 is 15.4 Å². The van der Waals surface area contributed by atoms with E-state index >= 15 is 0 Å². The maximum absolute atomic E-state index is 12.8. The summed E-state index contributed by atoms with van der Waals surface area (Å²) < 4.78 is 12.8. The van der Waals surface area contributed by atoms with Gasteiger partial charge in [0.15, 0.2) is 0 Å². The lowest BCUT2D eigenvalue weighted by atomic mass is 9.87. The molecule has 3 N–H and O–H groups in total. The molecule has 0 spiro atoms. The van der Waals surface area contributed by atoms with Crippen LogP contribution in [0, 0.1) is 5.82 Å². The lowest BCUT2D eigenvalue weighted by molar-refractivity contribution is 0.424. The van der Waals surface area contributed by atoms with Gasteiger partial charge >= 0.3 is 7.12 Å². The van der Waals surface area contributed by atoms with E-state index in [0.29, 0.717) is 5.82 Å². The lowest BCUT2D eigenvalue weighted by Gasteiger charge is -2.14. The second-order valence-corrected chi connectivity index (χ2v) is 4.12. The summed E-state index contributed by atoms with van der Waals surface area (Å²) in [7, 11) is -1.63. The molecule has 2 aromatic rings. The average molecular weight is 261 g/mol. The zero-order chi connectivity index (χ0) is 13.8. The molecule has 98 valence electrons. The first-order chi connectivity index (χ1) is 9.06. The third-order valence-corrected chi connectivity index (χ3v) is 2.67.